The standard InChI is InChI=1S/C14H26O3S/c1-4-5-7-11(2)14(15)12-8-6-9-13(10-12)18(3,16)17/h11-13H,4-10H2,1-3H3. The minimum absolute atomic E-state index is 0.0228. The Bertz CT molecular complexity index is 373. The summed E-state index contributed by atoms with van der Waals surface area (Å²) in [5.74, 6) is 0.357. The minimum atomic E-state index is -2.99. The van der Waals surface area contributed by atoms with Gasteiger partial charge in [-0.25, -0.2) is 8.42 Å². The largest absolute Gasteiger partial charge is 0.299 e. The van der Waals surface area contributed by atoms with Gasteiger partial charge in [0.05, 0.1) is 5.25 Å². The molecule has 0 amide bonds. The summed E-state index contributed by atoms with van der Waals surface area (Å²) in [6.45, 7) is 4.11. The third-order valence-electron chi connectivity index (χ3n) is 4.11. The maximum Gasteiger partial charge on any atom is 0.150 e. The van der Waals surface area contributed by atoms with E-state index >= 15 is 0 Å². The van der Waals surface area contributed by atoms with Crippen LogP contribution in [0.25, 0.3) is 0 Å². The number of hydrogen-bond acceptors (Lipinski definition) is 3. The van der Waals surface area contributed by atoms with Crippen molar-refractivity contribution < 1.29 is 13.2 Å². The van der Waals surface area contributed by atoms with Gasteiger partial charge < -0.3 is 0 Å². The van der Waals surface area contributed by atoms with Crippen molar-refractivity contribution in [3.05, 3.63) is 0 Å². The summed E-state index contributed by atoms with van der Waals surface area (Å²) in [4.78, 5) is 12.3. The number of unbranched alkanes of at least 4 members (excludes halogenated alkanes) is 1. The number of sulfone groups is 1. The molecule has 18 heavy (non-hydrogen) atoms. The second kappa shape index (κ2) is 6.69. The third kappa shape index (κ3) is 4.38. The molecule has 0 aromatic rings. The van der Waals surface area contributed by atoms with E-state index in [1.54, 1.807) is 0 Å². The highest BCUT2D eigenvalue weighted by Crippen LogP contribution is 2.31. The number of rotatable bonds is 6. The second-order valence-corrected chi connectivity index (χ2v) is 8.09. The Morgan fingerprint density at radius 1 is 1.33 bits per heavy atom. The Morgan fingerprint density at radius 2 is 2.00 bits per heavy atom. The first-order valence-electron chi connectivity index (χ1n) is 7.08. The van der Waals surface area contributed by atoms with E-state index in [2.05, 4.69) is 6.92 Å². The molecule has 0 aromatic heterocycles. The average Bonchev–Trinajstić information content (AvgIpc) is 2.34. The monoisotopic (exact) mass is 274 g/mol. The van der Waals surface area contributed by atoms with E-state index in [1.165, 1.54) is 6.26 Å². The van der Waals surface area contributed by atoms with E-state index in [9.17, 15) is 13.2 Å². The molecular weight excluding hydrogens is 248 g/mol. The van der Waals surface area contributed by atoms with Gasteiger partial charge in [-0.3, -0.25) is 4.79 Å². The van der Waals surface area contributed by atoms with Gasteiger partial charge in [0.1, 0.15) is 15.6 Å². The van der Waals surface area contributed by atoms with Crippen LogP contribution in [0.1, 0.15) is 58.8 Å². The fourth-order valence-electron chi connectivity index (χ4n) is 2.85. The molecule has 0 heterocycles. The molecule has 3 unspecified atom stereocenters. The molecule has 0 bridgehead atoms. The Balaban J connectivity index is 2.58. The van der Waals surface area contributed by atoms with Gasteiger partial charge in [-0.2, -0.15) is 0 Å². The van der Waals surface area contributed by atoms with E-state index < -0.39 is 9.84 Å². The molecule has 0 saturated heterocycles. The SMILES string of the molecule is CCCCC(C)C(=O)C1CCCC(S(C)(=O)=O)C1. The zero-order chi connectivity index (χ0) is 13.8. The third-order valence-corrected chi connectivity index (χ3v) is 5.75. The molecule has 1 fully saturated rings. The molecule has 1 aliphatic rings. The summed E-state index contributed by atoms with van der Waals surface area (Å²) in [7, 11) is -2.99. The predicted octanol–water partition coefficient (Wildman–Crippen LogP) is 2.99. The van der Waals surface area contributed by atoms with Gasteiger partial charge in [0.15, 0.2) is 0 Å². The van der Waals surface area contributed by atoms with Crippen molar-refractivity contribution in [3.8, 4) is 0 Å². The van der Waals surface area contributed by atoms with E-state index in [-0.39, 0.29) is 22.9 Å². The topological polar surface area (TPSA) is 51.2 Å². The fraction of sp³-hybridized carbons (Fsp3) is 0.929. The van der Waals surface area contributed by atoms with Crippen LogP contribution < -0.4 is 0 Å². The number of carbonyl (C=O) groups excluding carboxylic acids is 1. The maximum atomic E-state index is 12.3. The number of hydrogen-bond donors (Lipinski definition) is 0. The van der Waals surface area contributed by atoms with Crippen LogP contribution in [-0.2, 0) is 14.6 Å². The lowest BCUT2D eigenvalue weighted by atomic mass is 9.80. The Kier molecular flexibility index (Phi) is 5.83. The van der Waals surface area contributed by atoms with Crippen LogP contribution in [0.5, 0.6) is 0 Å². The van der Waals surface area contributed by atoms with Gasteiger partial charge >= 0.3 is 0 Å². The van der Waals surface area contributed by atoms with E-state index in [4.69, 9.17) is 0 Å². The molecule has 3 nitrogen and oxygen atoms in total. The van der Waals surface area contributed by atoms with Crippen LogP contribution in [0.2, 0.25) is 0 Å². The predicted molar refractivity (Wildman–Crippen MR) is 74.3 cm³/mol. The van der Waals surface area contributed by atoms with Crippen molar-refractivity contribution >= 4 is 15.6 Å². The highest BCUT2D eigenvalue weighted by Gasteiger charge is 2.33. The quantitative estimate of drug-likeness (QED) is 0.748. The normalized spacial score (nSPS) is 26.8. The second-order valence-electron chi connectivity index (χ2n) is 5.76. The van der Waals surface area contributed by atoms with Crippen LogP contribution in [0.4, 0.5) is 0 Å². The minimum Gasteiger partial charge on any atom is -0.299 e. The Morgan fingerprint density at radius 3 is 2.56 bits per heavy atom. The molecule has 1 rings (SSSR count). The highest BCUT2D eigenvalue weighted by atomic mass is 32.2. The molecular formula is C14H26O3S. The zero-order valence-electron chi connectivity index (χ0n) is 11.8. The van der Waals surface area contributed by atoms with E-state index in [0.29, 0.717) is 6.42 Å². The van der Waals surface area contributed by atoms with Crippen molar-refractivity contribution in [1.29, 1.82) is 0 Å². The van der Waals surface area contributed by atoms with Gasteiger partial charge in [0.25, 0.3) is 0 Å². The van der Waals surface area contributed by atoms with Crippen molar-refractivity contribution in [2.24, 2.45) is 11.8 Å². The van der Waals surface area contributed by atoms with Gasteiger partial charge in [-0.05, 0) is 25.7 Å². The molecule has 106 valence electrons. The van der Waals surface area contributed by atoms with Crippen LogP contribution in [0, 0.1) is 11.8 Å². The van der Waals surface area contributed by atoms with Crippen molar-refractivity contribution in [1.82, 2.24) is 0 Å². The van der Waals surface area contributed by atoms with Crippen molar-refractivity contribution in [3.63, 3.8) is 0 Å². The van der Waals surface area contributed by atoms with Crippen molar-refractivity contribution in [2.45, 2.75) is 64.0 Å². The first-order chi connectivity index (χ1) is 8.36. The van der Waals surface area contributed by atoms with Crippen LogP contribution in [-0.4, -0.2) is 25.7 Å². The van der Waals surface area contributed by atoms with Gasteiger partial charge in [-0.15, -0.1) is 0 Å². The smallest absolute Gasteiger partial charge is 0.150 e. The van der Waals surface area contributed by atoms with E-state index in [1.807, 2.05) is 6.92 Å². The number of ketones is 1. The molecule has 1 saturated carbocycles. The molecule has 1 aliphatic carbocycles. The van der Waals surface area contributed by atoms with Gasteiger partial charge in [-0.1, -0.05) is 33.1 Å². The molecule has 0 aromatic carbocycles. The zero-order valence-corrected chi connectivity index (χ0v) is 12.6. The lowest BCUT2D eigenvalue weighted by molar-refractivity contribution is -0.127. The summed E-state index contributed by atoms with van der Waals surface area (Å²) < 4.78 is 23.2. The summed E-state index contributed by atoms with van der Waals surface area (Å²) in [5.41, 5.74) is 0. The highest BCUT2D eigenvalue weighted by molar-refractivity contribution is 7.91. The van der Waals surface area contributed by atoms with Crippen molar-refractivity contribution in [2.75, 3.05) is 6.26 Å². The van der Waals surface area contributed by atoms with Gasteiger partial charge in [0.2, 0.25) is 0 Å². The molecule has 0 radical (unpaired) electrons. The summed E-state index contributed by atoms with van der Waals surface area (Å²) in [6.07, 6.45) is 7.44. The van der Waals surface area contributed by atoms with Crippen LogP contribution >= 0.6 is 0 Å². The summed E-state index contributed by atoms with van der Waals surface area (Å²) in [5, 5.41) is -0.293. The molecule has 3 atom stereocenters. The number of Topliss-reactive ketones (excluding diaryl/α,β-unsaturated/α-hetero) is 1. The first kappa shape index (κ1) is 15.7. The van der Waals surface area contributed by atoms with Crippen LogP contribution in [0.3, 0.4) is 0 Å². The fourth-order valence-corrected chi connectivity index (χ4v) is 4.02. The number of carbonyl (C=O) groups is 1. The summed E-state index contributed by atoms with van der Waals surface area (Å²) >= 11 is 0. The van der Waals surface area contributed by atoms with Crippen LogP contribution in [0.15, 0.2) is 0 Å². The summed E-state index contributed by atoms with van der Waals surface area (Å²) in [6, 6.07) is 0. The molecule has 0 spiro atoms. The van der Waals surface area contributed by atoms with E-state index in [0.717, 1.165) is 38.5 Å². The Hall–Kier alpha value is -0.380. The average molecular weight is 274 g/mol. The maximum absolute atomic E-state index is 12.3. The van der Waals surface area contributed by atoms with Gasteiger partial charge in [0, 0.05) is 18.1 Å². The lowest BCUT2D eigenvalue weighted by Gasteiger charge is -2.28. The molecule has 0 N–H and O–H groups in total. The molecule has 4 heteroatoms. The Labute approximate surface area is 111 Å². The lowest BCUT2D eigenvalue weighted by Crippen LogP contribution is -2.33. The first-order valence-corrected chi connectivity index (χ1v) is 9.04. The molecule has 0 aliphatic heterocycles.